The predicted octanol–water partition coefficient (Wildman–Crippen LogP) is 4.81. The molecule has 0 radical (unpaired) electrons. The molecule has 1 atom stereocenters. The number of anilines is 1. The van der Waals surface area contributed by atoms with Gasteiger partial charge in [0.25, 0.3) is 5.91 Å². The third kappa shape index (κ3) is 5.62. The summed E-state index contributed by atoms with van der Waals surface area (Å²) in [5, 5.41) is 10.7. The lowest BCUT2D eigenvalue weighted by atomic mass is 9.69. The average Bonchev–Trinajstić information content (AvgIpc) is 3.04. The van der Waals surface area contributed by atoms with Crippen molar-refractivity contribution in [2.75, 3.05) is 26.5 Å². The van der Waals surface area contributed by atoms with Gasteiger partial charge in [0.15, 0.2) is 22.7 Å². The van der Waals surface area contributed by atoms with Crippen LogP contribution in [0.5, 0.6) is 11.5 Å². The van der Waals surface area contributed by atoms with Crippen molar-refractivity contribution >= 4 is 29.1 Å². The van der Waals surface area contributed by atoms with E-state index in [-0.39, 0.29) is 39.3 Å². The minimum atomic E-state index is -2.36. The third-order valence-electron chi connectivity index (χ3n) is 8.29. The summed E-state index contributed by atoms with van der Waals surface area (Å²) >= 11 is 0. The van der Waals surface area contributed by atoms with E-state index in [0.717, 1.165) is 18.2 Å². The summed E-state index contributed by atoms with van der Waals surface area (Å²) in [6, 6.07) is 14.7. The highest BCUT2D eigenvalue weighted by Crippen LogP contribution is 2.43. The monoisotopic (exact) mass is 642 g/mol. The lowest BCUT2D eigenvalue weighted by molar-refractivity contribution is -0.149. The van der Waals surface area contributed by atoms with Crippen LogP contribution >= 0.6 is 0 Å². The molecule has 12 heteroatoms. The molecule has 0 aliphatic carbocycles. The van der Waals surface area contributed by atoms with Crippen molar-refractivity contribution in [3.05, 3.63) is 101 Å². The van der Waals surface area contributed by atoms with Gasteiger partial charge in [-0.2, -0.15) is 0 Å². The van der Waals surface area contributed by atoms with Crippen molar-refractivity contribution in [2.45, 2.75) is 25.3 Å². The van der Waals surface area contributed by atoms with Crippen molar-refractivity contribution < 1.29 is 37.7 Å². The van der Waals surface area contributed by atoms with Crippen molar-refractivity contribution in [3.63, 3.8) is 0 Å². The van der Waals surface area contributed by atoms with Gasteiger partial charge in [-0.3, -0.25) is 14.4 Å². The van der Waals surface area contributed by atoms with Gasteiger partial charge in [-0.1, -0.05) is 30.3 Å². The van der Waals surface area contributed by atoms with Crippen LogP contribution in [0.15, 0.2) is 78.6 Å². The summed E-state index contributed by atoms with van der Waals surface area (Å²) in [5.74, 6) is -4.00. The van der Waals surface area contributed by atoms with Crippen LogP contribution in [0.1, 0.15) is 25.0 Å². The molecule has 1 amide bonds. The number of pyridine rings is 1. The Hall–Kier alpha value is -5.78. The van der Waals surface area contributed by atoms with Gasteiger partial charge < -0.3 is 30.9 Å². The van der Waals surface area contributed by atoms with Gasteiger partial charge in [0.2, 0.25) is 0 Å². The van der Waals surface area contributed by atoms with E-state index in [0.29, 0.717) is 22.6 Å². The zero-order chi connectivity index (χ0) is 34.2. The molecule has 0 saturated carbocycles. The molecule has 4 aromatic rings. The zero-order valence-electron chi connectivity index (χ0n) is 26.0. The average molecular weight is 643 g/mol. The van der Waals surface area contributed by atoms with E-state index in [2.05, 4.69) is 4.98 Å². The van der Waals surface area contributed by atoms with E-state index in [1.165, 1.54) is 49.6 Å². The van der Waals surface area contributed by atoms with Crippen LogP contribution in [-0.4, -0.2) is 59.5 Å². The largest absolute Gasteiger partial charge is 0.493 e. The molecular formula is C35H32F2N4O6. The highest BCUT2D eigenvalue weighted by Gasteiger charge is 2.55. The molecular weight excluding hydrogens is 610 g/mol. The SMILES string of the molecule is COc1ccc(-c2cnc(N)c(-c3ccc(C4(C(=O)O)CN(C(C)C)C(C(N)=O)=C(c5ccc(F)cc5)C4=O)cc3F)c2)cc1OC. The Morgan fingerprint density at radius 3 is 2.15 bits per heavy atom. The van der Waals surface area contributed by atoms with E-state index in [9.17, 15) is 23.9 Å². The number of rotatable bonds is 9. The molecule has 5 N–H and O–H groups in total. The summed E-state index contributed by atoms with van der Waals surface area (Å²) in [6.45, 7) is 2.87. The number of Topliss-reactive ketones (excluding diaryl/α,β-unsaturated/α-hetero) is 1. The molecule has 3 aromatic carbocycles. The first-order valence-corrected chi connectivity index (χ1v) is 14.5. The molecule has 0 saturated heterocycles. The van der Waals surface area contributed by atoms with Crippen LogP contribution in [0.2, 0.25) is 0 Å². The van der Waals surface area contributed by atoms with Gasteiger partial charge in [-0.05, 0) is 66.9 Å². The summed E-state index contributed by atoms with van der Waals surface area (Å²) < 4.78 is 40.7. The molecule has 1 aliphatic rings. The van der Waals surface area contributed by atoms with Crippen molar-refractivity contribution in [3.8, 4) is 33.8 Å². The van der Waals surface area contributed by atoms with E-state index >= 15 is 4.39 Å². The van der Waals surface area contributed by atoms with Gasteiger partial charge in [-0.15, -0.1) is 0 Å². The number of aromatic nitrogens is 1. The fourth-order valence-electron chi connectivity index (χ4n) is 5.84. The number of aliphatic carboxylic acids is 1. The topological polar surface area (TPSA) is 158 Å². The fraction of sp³-hybridized carbons (Fsp3) is 0.200. The molecule has 242 valence electrons. The van der Waals surface area contributed by atoms with Crippen LogP contribution < -0.4 is 20.9 Å². The summed E-state index contributed by atoms with van der Waals surface area (Å²) in [6.07, 6.45) is 1.52. The van der Waals surface area contributed by atoms with Crippen molar-refractivity contribution in [1.29, 1.82) is 0 Å². The van der Waals surface area contributed by atoms with E-state index in [1.807, 2.05) is 0 Å². The van der Waals surface area contributed by atoms with Crippen LogP contribution in [0, 0.1) is 11.6 Å². The Bertz CT molecular complexity index is 1940. The number of nitrogens with two attached hydrogens (primary N) is 2. The van der Waals surface area contributed by atoms with Crippen LogP contribution in [0.3, 0.4) is 0 Å². The van der Waals surface area contributed by atoms with Crippen LogP contribution in [0.4, 0.5) is 14.6 Å². The number of benzene rings is 3. The Kier molecular flexibility index (Phi) is 8.70. The first-order chi connectivity index (χ1) is 22.3. The number of carbonyl (C=O) groups excluding carboxylic acids is 2. The maximum absolute atomic E-state index is 16.1. The molecule has 1 aliphatic heterocycles. The number of carboxylic acid groups (broad SMARTS) is 1. The number of nitrogens with zero attached hydrogens (tertiary/aromatic N) is 2. The minimum Gasteiger partial charge on any atom is -0.493 e. The molecule has 10 nitrogen and oxygen atoms in total. The van der Waals surface area contributed by atoms with E-state index in [4.69, 9.17) is 20.9 Å². The highest BCUT2D eigenvalue weighted by atomic mass is 19.1. The smallest absolute Gasteiger partial charge is 0.323 e. The van der Waals surface area contributed by atoms with E-state index in [1.54, 1.807) is 38.1 Å². The molecule has 0 spiro atoms. The number of amides is 1. The number of halogens is 2. The Labute approximate surface area is 269 Å². The number of ether oxygens (including phenoxy) is 2. The van der Waals surface area contributed by atoms with Gasteiger partial charge in [-0.25, -0.2) is 13.8 Å². The lowest BCUT2D eigenvalue weighted by Crippen LogP contribution is -2.58. The summed E-state index contributed by atoms with van der Waals surface area (Å²) in [7, 11) is 3.01. The van der Waals surface area contributed by atoms with Crippen molar-refractivity contribution in [1.82, 2.24) is 9.88 Å². The number of hydrogen-bond donors (Lipinski definition) is 3. The second-order valence-electron chi connectivity index (χ2n) is 11.3. The van der Waals surface area contributed by atoms with Gasteiger partial charge >= 0.3 is 5.97 Å². The number of carbonyl (C=O) groups is 3. The predicted molar refractivity (Wildman–Crippen MR) is 171 cm³/mol. The van der Waals surface area contributed by atoms with Gasteiger partial charge in [0, 0.05) is 35.5 Å². The highest BCUT2D eigenvalue weighted by molar-refractivity contribution is 6.36. The summed E-state index contributed by atoms with van der Waals surface area (Å²) in [5.41, 5.74) is 10.5. The number of primary amides is 1. The normalized spacial score (nSPS) is 16.4. The number of hydrogen-bond acceptors (Lipinski definition) is 8. The molecule has 1 aromatic heterocycles. The fourth-order valence-corrected chi connectivity index (χ4v) is 5.84. The molecule has 47 heavy (non-hydrogen) atoms. The number of methoxy groups -OCH3 is 2. The third-order valence-corrected chi connectivity index (χ3v) is 8.29. The summed E-state index contributed by atoms with van der Waals surface area (Å²) in [4.78, 5) is 45.9. The van der Waals surface area contributed by atoms with Crippen LogP contribution in [-0.2, 0) is 19.8 Å². The maximum Gasteiger partial charge on any atom is 0.323 e. The number of nitrogen functional groups attached to an aromatic ring is 1. The first-order valence-electron chi connectivity index (χ1n) is 14.5. The first kappa shape index (κ1) is 32.6. The number of ketones is 1. The number of carboxylic acids is 1. The molecule has 0 fully saturated rings. The van der Waals surface area contributed by atoms with Crippen molar-refractivity contribution in [2.24, 2.45) is 5.73 Å². The van der Waals surface area contributed by atoms with Gasteiger partial charge in [0.1, 0.15) is 23.1 Å². The van der Waals surface area contributed by atoms with Gasteiger partial charge in [0.05, 0.1) is 19.8 Å². The quantitative estimate of drug-likeness (QED) is 0.218. The molecule has 1 unspecified atom stereocenters. The Balaban J connectivity index is 1.66. The molecule has 2 heterocycles. The van der Waals surface area contributed by atoms with E-state index < -0.39 is 47.3 Å². The Morgan fingerprint density at radius 2 is 1.57 bits per heavy atom. The molecule has 0 bridgehead atoms. The standard InChI is InChI=1S/C35H32F2N4O6/c1-18(2)41-17-35(34(44)45,31(42)29(30(41)33(39)43)19-5-9-23(36)10-6-19)22-8-11-24(26(37)15-22)25-13-21(16-40-32(25)38)20-7-12-27(46-3)28(14-20)47-4/h5-16,18H,17H2,1-4H3,(H2,38,40)(H2,39,43)(H,44,45). The lowest BCUT2D eigenvalue weighted by Gasteiger charge is -2.43. The second-order valence-corrected chi connectivity index (χ2v) is 11.3. The second kappa shape index (κ2) is 12.5. The molecule has 5 rings (SSSR count). The number of allylic oxidation sites excluding steroid dienone is 1. The maximum atomic E-state index is 16.1. The zero-order valence-corrected chi connectivity index (χ0v) is 26.0. The Morgan fingerprint density at radius 1 is 0.915 bits per heavy atom. The minimum absolute atomic E-state index is 0.0118. The van der Waals surface area contributed by atoms with Crippen LogP contribution in [0.25, 0.3) is 27.8 Å².